The number of nitrogens with zero attached hydrogens (tertiary/aromatic N) is 1. The van der Waals surface area contributed by atoms with Crippen LogP contribution in [0.2, 0.25) is 0 Å². The van der Waals surface area contributed by atoms with Gasteiger partial charge in [-0.2, -0.15) is 0 Å². The van der Waals surface area contributed by atoms with E-state index < -0.39 is 24.3 Å². The molecule has 0 aromatic heterocycles. The molecule has 2 atom stereocenters. The molecule has 0 radical (unpaired) electrons. The first-order chi connectivity index (χ1) is 25.6. The maximum atomic E-state index is 12.7. The molecule has 0 rings (SSSR count). The molecule has 0 saturated carbocycles. The number of carboxylic acids is 1. The van der Waals surface area contributed by atoms with Crippen molar-refractivity contribution in [1.29, 1.82) is 0 Å². The minimum absolute atomic E-state index is 0.149. The minimum atomic E-state index is -1.62. The van der Waals surface area contributed by atoms with Crippen molar-refractivity contribution >= 4 is 17.9 Å². The molecule has 0 aliphatic rings. The van der Waals surface area contributed by atoms with E-state index in [9.17, 15) is 19.5 Å². The number of hydrogen-bond donors (Lipinski definition) is 0. The van der Waals surface area contributed by atoms with E-state index in [0.29, 0.717) is 23.9 Å². The fourth-order valence-electron chi connectivity index (χ4n) is 6.06. The topological polar surface area (TPSA) is 111 Å². The summed E-state index contributed by atoms with van der Waals surface area (Å²) in [6.45, 7) is 4.71. The molecule has 0 N–H and O–H groups in total. The van der Waals surface area contributed by atoms with E-state index in [2.05, 4.69) is 26.0 Å². The van der Waals surface area contributed by atoms with Gasteiger partial charge in [0.05, 0.1) is 40.3 Å². The highest BCUT2D eigenvalue weighted by atomic mass is 16.7. The van der Waals surface area contributed by atoms with Gasteiger partial charge in [-0.1, -0.05) is 154 Å². The van der Waals surface area contributed by atoms with Crippen molar-refractivity contribution < 1.29 is 42.9 Å². The summed E-state index contributed by atoms with van der Waals surface area (Å²) in [4.78, 5) is 36.9. The summed E-state index contributed by atoms with van der Waals surface area (Å²) in [7, 11) is 5.90. The van der Waals surface area contributed by atoms with Crippen LogP contribution in [0, 0.1) is 0 Å². The van der Waals surface area contributed by atoms with E-state index in [-0.39, 0.29) is 32.2 Å². The van der Waals surface area contributed by atoms with Gasteiger partial charge < -0.3 is 33.3 Å². The molecule has 0 aromatic rings. The number of allylic oxidation sites excluding steroid dienone is 2. The van der Waals surface area contributed by atoms with Crippen molar-refractivity contribution in [2.24, 2.45) is 0 Å². The van der Waals surface area contributed by atoms with E-state index >= 15 is 0 Å². The fraction of sp³-hybridized carbons (Fsp3) is 0.886. The molecule has 0 aliphatic heterocycles. The first kappa shape index (κ1) is 51.0. The van der Waals surface area contributed by atoms with Gasteiger partial charge in [-0.05, 0) is 38.5 Å². The predicted octanol–water partition coefficient (Wildman–Crippen LogP) is 9.78. The Morgan fingerprint density at radius 1 is 0.547 bits per heavy atom. The molecule has 0 saturated heterocycles. The van der Waals surface area contributed by atoms with Gasteiger partial charge in [0.25, 0.3) is 0 Å². The quantitative estimate of drug-likeness (QED) is 0.0200. The van der Waals surface area contributed by atoms with Crippen LogP contribution in [-0.4, -0.2) is 82.3 Å². The number of ether oxygens (including phenoxy) is 4. The molecule has 0 heterocycles. The highest BCUT2D eigenvalue weighted by molar-refractivity contribution is 5.70. The second kappa shape index (κ2) is 37.0. The Labute approximate surface area is 325 Å². The standard InChI is InChI=1S/C44H83NO8/c1-6-8-10-12-14-16-18-20-21-22-23-25-26-28-30-32-34-41(46)51-38-40(39-52-44(43(48)49)50-37-36-45(3,4)5)53-42(47)35-33-31-29-27-24-19-17-15-13-11-9-7-2/h15,17,40,44H,6-14,16,18-39H2,1-5H3/b17-15-. The van der Waals surface area contributed by atoms with Gasteiger partial charge in [0, 0.05) is 12.8 Å². The van der Waals surface area contributed by atoms with Crippen molar-refractivity contribution in [3.05, 3.63) is 12.2 Å². The van der Waals surface area contributed by atoms with Crippen LogP contribution in [-0.2, 0) is 33.3 Å². The Kier molecular flexibility index (Phi) is 35.6. The van der Waals surface area contributed by atoms with Crippen molar-refractivity contribution in [1.82, 2.24) is 0 Å². The molecule has 0 aromatic carbocycles. The molecular formula is C44H83NO8. The average molecular weight is 754 g/mol. The molecule has 0 aliphatic carbocycles. The Morgan fingerprint density at radius 3 is 1.43 bits per heavy atom. The van der Waals surface area contributed by atoms with Crippen LogP contribution in [0.25, 0.3) is 0 Å². The lowest BCUT2D eigenvalue weighted by Gasteiger charge is -2.26. The summed E-state index contributed by atoms with van der Waals surface area (Å²) in [6.07, 6.45) is 33.8. The number of carbonyl (C=O) groups excluding carboxylic acids is 3. The Bertz CT molecular complexity index is 887. The molecule has 0 fully saturated rings. The van der Waals surface area contributed by atoms with Crippen molar-refractivity contribution in [2.75, 3.05) is 47.5 Å². The Hall–Kier alpha value is -1.97. The zero-order valence-electron chi connectivity index (χ0n) is 35.2. The van der Waals surface area contributed by atoms with Crippen LogP contribution in [0.4, 0.5) is 0 Å². The largest absolute Gasteiger partial charge is 0.545 e. The third-order valence-corrected chi connectivity index (χ3v) is 9.51. The smallest absolute Gasteiger partial charge is 0.306 e. The van der Waals surface area contributed by atoms with Gasteiger partial charge in [0.1, 0.15) is 13.2 Å². The normalized spacial score (nSPS) is 13.0. The Balaban J connectivity index is 4.42. The van der Waals surface area contributed by atoms with Crippen molar-refractivity contribution in [3.8, 4) is 0 Å². The van der Waals surface area contributed by atoms with E-state index in [4.69, 9.17) is 18.9 Å². The van der Waals surface area contributed by atoms with Crippen LogP contribution >= 0.6 is 0 Å². The second-order valence-electron chi connectivity index (χ2n) is 16.0. The van der Waals surface area contributed by atoms with Gasteiger partial charge in [0.2, 0.25) is 0 Å². The van der Waals surface area contributed by atoms with Crippen LogP contribution in [0.5, 0.6) is 0 Å². The monoisotopic (exact) mass is 754 g/mol. The highest BCUT2D eigenvalue weighted by Gasteiger charge is 2.21. The molecule has 9 heteroatoms. The lowest BCUT2D eigenvalue weighted by molar-refractivity contribution is -0.870. The molecule has 9 nitrogen and oxygen atoms in total. The van der Waals surface area contributed by atoms with Gasteiger partial charge in [0.15, 0.2) is 12.4 Å². The van der Waals surface area contributed by atoms with E-state index in [1.807, 2.05) is 21.1 Å². The number of carbonyl (C=O) groups is 3. The third kappa shape index (κ3) is 38.1. The van der Waals surface area contributed by atoms with Gasteiger partial charge in [-0.25, -0.2) is 0 Å². The zero-order valence-corrected chi connectivity index (χ0v) is 35.2. The lowest BCUT2D eigenvalue weighted by atomic mass is 10.0. The second-order valence-corrected chi connectivity index (χ2v) is 16.0. The van der Waals surface area contributed by atoms with Gasteiger partial charge >= 0.3 is 11.9 Å². The third-order valence-electron chi connectivity index (χ3n) is 9.51. The first-order valence-electron chi connectivity index (χ1n) is 21.8. The van der Waals surface area contributed by atoms with E-state index in [1.54, 1.807) is 0 Å². The minimum Gasteiger partial charge on any atom is -0.545 e. The van der Waals surface area contributed by atoms with Crippen LogP contribution in [0.1, 0.15) is 194 Å². The summed E-state index contributed by atoms with van der Waals surface area (Å²) < 4.78 is 22.5. The number of quaternary nitrogens is 1. The average Bonchev–Trinajstić information content (AvgIpc) is 3.11. The molecule has 0 amide bonds. The predicted molar refractivity (Wildman–Crippen MR) is 214 cm³/mol. The fourth-order valence-corrected chi connectivity index (χ4v) is 6.06. The van der Waals surface area contributed by atoms with Crippen molar-refractivity contribution in [2.45, 2.75) is 206 Å². The van der Waals surface area contributed by atoms with Crippen LogP contribution < -0.4 is 5.11 Å². The van der Waals surface area contributed by atoms with Crippen LogP contribution in [0.15, 0.2) is 12.2 Å². The van der Waals surface area contributed by atoms with Crippen LogP contribution in [0.3, 0.4) is 0 Å². The maximum absolute atomic E-state index is 12.7. The SMILES string of the molecule is CCCCC/C=C\CCCCCCCC(=O)OC(COC(=O)CCCCCCCCCCCCCCCCCC)COC(OCC[N+](C)(C)C)C(=O)[O-]. The molecule has 0 spiro atoms. The lowest BCUT2D eigenvalue weighted by Crippen LogP contribution is -2.44. The summed E-state index contributed by atoms with van der Waals surface area (Å²) in [5, 5.41) is 11.7. The van der Waals surface area contributed by atoms with Gasteiger partial charge in [-0.15, -0.1) is 0 Å². The summed E-state index contributed by atoms with van der Waals surface area (Å²) in [5.41, 5.74) is 0. The molecular weight excluding hydrogens is 670 g/mol. The maximum Gasteiger partial charge on any atom is 0.306 e. The molecule has 2 unspecified atom stereocenters. The summed E-state index contributed by atoms with van der Waals surface area (Å²) in [6, 6.07) is 0. The Morgan fingerprint density at radius 2 is 0.962 bits per heavy atom. The van der Waals surface area contributed by atoms with E-state index in [1.165, 1.54) is 103 Å². The number of esters is 2. The number of rotatable bonds is 40. The number of unbranched alkanes of at least 4 members (excludes halogenated alkanes) is 23. The molecule has 0 bridgehead atoms. The van der Waals surface area contributed by atoms with Crippen molar-refractivity contribution in [3.63, 3.8) is 0 Å². The van der Waals surface area contributed by atoms with Gasteiger partial charge in [-0.3, -0.25) is 9.59 Å². The summed E-state index contributed by atoms with van der Waals surface area (Å²) in [5.74, 6) is -2.29. The molecule has 53 heavy (non-hydrogen) atoms. The molecule has 312 valence electrons. The number of aliphatic carboxylic acids is 1. The number of likely N-dealkylation sites (N-methyl/N-ethyl adjacent to an activating group) is 1. The zero-order chi connectivity index (χ0) is 39.3. The number of hydrogen-bond acceptors (Lipinski definition) is 8. The first-order valence-corrected chi connectivity index (χ1v) is 21.8. The van der Waals surface area contributed by atoms with E-state index in [0.717, 1.165) is 57.8 Å². The number of carboxylic acid groups (broad SMARTS) is 1. The summed E-state index contributed by atoms with van der Waals surface area (Å²) >= 11 is 0. The highest BCUT2D eigenvalue weighted by Crippen LogP contribution is 2.15.